The molecule has 0 saturated carbocycles. The van der Waals surface area contributed by atoms with Crippen LogP contribution in [0.25, 0.3) is 0 Å². The van der Waals surface area contributed by atoms with Crippen molar-refractivity contribution in [3.05, 3.63) is 52.4 Å². The summed E-state index contributed by atoms with van der Waals surface area (Å²) in [7, 11) is 1.69. The summed E-state index contributed by atoms with van der Waals surface area (Å²) in [5, 5.41) is 3.41. The number of hydrogen-bond acceptors (Lipinski definition) is 3. The molecule has 96 valence electrons. The zero-order valence-corrected chi connectivity index (χ0v) is 12.0. The highest BCUT2D eigenvalue weighted by molar-refractivity contribution is 9.10. The first-order valence-electron chi connectivity index (χ1n) is 5.80. The Hall–Kier alpha value is -1.26. The van der Waals surface area contributed by atoms with E-state index in [0.29, 0.717) is 6.54 Å². The van der Waals surface area contributed by atoms with Crippen molar-refractivity contribution in [2.24, 2.45) is 0 Å². The maximum absolute atomic E-state index is 5.37. The molecule has 0 fully saturated rings. The number of halogens is 1. The number of hydrogen-bond donors (Lipinski definition) is 1. The van der Waals surface area contributed by atoms with Crippen molar-refractivity contribution in [2.45, 2.75) is 19.5 Å². The Balaban J connectivity index is 2.03. The van der Waals surface area contributed by atoms with Gasteiger partial charge in [-0.05, 0) is 35.0 Å². The van der Waals surface area contributed by atoms with Crippen molar-refractivity contribution < 1.29 is 9.15 Å². The monoisotopic (exact) mass is 309 g/mol. The highest BCUT2D eigenvalue weighted by Crippen LogP contribution is 2.25. The largest absolute Gasteiger partial charge is 0.496 e. The minimum Gasteiger partial charge on any atom is -0.496 e. The topological polar surface area (TPSA) is 34.4 Å². The quantitative estimate of drug-likeness (QED) is 0.909. The Bertz CT molecular complexity index is 510. The molecule has 1 heterocycles. The molecule has 2 aromatic rings. The van der Waals surface area contributed by atoms with Crippen molar-refractivity contribution in [1.82, 2.24) is 5.32 Å². The molecule has 1 atom stereocenters. The summed E-state index contributed by atoms with van der Waals surface area (Å²) in [6.07, 6.45) is 1.68. The van der Waals surface area contributed by atoms with E-state index in [1.807, 2.05) is 24.3 Å². The van der Waals surface area contributed by atoms with Crippen LogP contribution in [-0.2, 0) is 6.54 Å². The summed E-state index contributed by atoms with van der Waals surface area (Å²) < 4.78 is 11.7. The van der Waals surface area contributed by atoms with Gasteiger partial charge >= 0.3 is 0 Å². The second-order valence-corrected chi connectivity index (χ2v) is 4.89. The summed E-state index contributed by atoms with van der Waals surface area (Å²) in [4.78, 5) is 0. The SMILES string of the molecule is COc1ccccc1[C@H](C)NCc1occc1Br. The third-order valence-electron chi connectivity index (χ3n) is 2.87. The van der Waals surface area contributed by atoms with Gasteiger partial charge in [-0.25, -0.2) is 0 Å². The Morgan fingerprint density at radius 1 is 1.33 bits per heavy atom. The fourth-order valence-electron chi connectivity index (χ4n) is 1.83. The lowest BCUT2D eigenvalue weighted by atomic mass is 10.1. The predicted octanol–water partition coefficient (Wildman–Crippen LogP) is 3.90. The molecule has 0 aliphatic heterocycles. The second-order valence-electron chi connectivity index (χ2n) is 4.04. The average Bonchev–Trinajstić information content (AvgIpc) is 2.81. The van der Waals surface area contributed by atoms with Crippen molar-refractivity contribution in [2.75, 3.05) is 7.11 Å². The molecule has 2 rings (SSSR count). The molecule has 0 aliphatic carbocycles. The number of rotatable bonds is 5. The summed E-state index contributed by atoms with van der Waals surface area (Å²) in [5.74, 6) is 1.80. The summed E-state index contributed by atoms with van der Waals surface area (Å²) in [5.41, 5.74) is 1.14. The van der Waals surface area contributed by atoms with Gasteiger partial charge in [0.1, 0.15) is 11.5 Å². The van der Waals surface area contributed by atoms with Crippen LogP contribution in [0.2, 0.25) is 0 Å². The summed E-state index contributed by atoms with van der Waals surface area (Å²) in [6, 6.07) is 10.1. The molecule has 1 N–H and O–H groups in total. The Morgan fingerprint density at radius 3 is 2.78 bits per heavy atom. The molecular weight excluding hydrogens is 294 g/mol. The van der Waals surface area contributed by atoms with Crippen LogP contribution in [0.5, 0.6) is 5.75 Å². The number of benzene rings is 1. The Labute approximate surface area is 115 Å². The number of methoxy groups -OCH3 is 1. The van der Waals surface area contributed by atoms with Gasteiger partial charge in [0.25, 0.3) is 0 Å². The van der Waals surface area contributed by atoms with Crippen LogP contribution in [0.3, 0.4) is 0 Å². The van der Waals surface area contributed by atoms with Crippen LogP contribution in [0.1, 0.15) is 24.3 Å². The van der Waals surface area contributed by atoms with Crippen molar-refractivity contribution in [3.63, 3.8) is 0 Å². The maximum atomic E-state index is 5.37. The molecule has 0 saturated heterocycles. The summed E-state index contributed by atoms with van der Waals surface area (Å²) in [6.45, 7) is 2.78. The lowest BCUT2D eigenvalue weighted by molar-refractivity contribution is 0.397. The lowest BCUT2D eigenvalue weighted by Gasteiger charge is -2.16. The minimum absolute atomic E-state index is 0.193. The number of para-hydroxylation sites is 1. The van der Waals surface area contributed by atoms with Crippen molar-refractivity contribution in [3.8, 4) is 5.75 Å². The highest BCUT2D eigenvalue weighted by atomic mass is 79.9. The molecular formula is C14H16BrNO2. The first-order valence-corrected chi connectivity index (χ1v) is 6.60. The number of nitrogens with one attached hydrogen (secondary N) is 1. The molecule has 0 aliphatic rings. The maximum Gasteiger partial charge on any atom is 0.131 e. The van der Waals surface area contributed by atoms with E-state index in [1.54, 1.807) is 13.4 Å². The molecule has 4 heteroatoms. The van der Waals surface area contributed by atoms with Gasteiger partial charge < -0.3 is 14.5 Å². The standard InChI is InChI=1S/C14H16BrNO2/c1-10(11-5-3-4-6-13(11)17-2)16-9-14-12(15)7-8-18-14/h3-8,10,16H,9H2,1-2H3/t10-/m0/s1. The Morgan fingerprint density at radius 2 is 2.11 bits per heavy atom. The van der Waals surface area contributed by atoms with Gasteiger partial charge in [0.15, 0.2) is 0 Å². The zero-order chi connectivity index (χ0) is 13.0. The smallest absolute Gasteiger partial charge is 0.131 e. The van der Waals surface area contributed by atoms with E-state index in [9.17, 15) is 0 Å². The first kappa shape index (κ1) is 13.2. The van der Waals surface area contributed by atoms with E-state index < -0.39 is 0 Å². The molecule has 0 unspecified atom stereocenters. The first-order chi connectivity index (χ1) is 8.72. The van der Waals surface area contributed by atoms with Crippen LogP contribution in [0.15, 0.2) is 45.5 Å². The van der Waals surface area contributed by atoms with E-state index in [4.69, 9.17) is 9.15 Å². The molecule has 18 heavy (non-hydrogen) atoms. The third kappa shape index (κ3) is 2.94. The predicted molar refractivity (Wildman–Crippen MR) is 74.7 cm³/mol. The van der Waals surface area contributed by atoms with Gasteiger partial charge in [0.05, 0.1) is 24.4 Å². The molecule has 3 nitrogen and oxygen atoms in total. The molecule has 0 bridgehead atoms. The molecule has 1 aromatic carbocycles. The average molecular weight is 310 g/mol. The molecule has 0 radical (unpaired) electrons. The van der Waals surface area contributed by atoms with Crippen LogP contribution in [0.4, 0.5) is 0 Å². The normalized spacial score (nSPS) is 12.4. The van der Waals surface area contributed by atoms with Crippen LogP contribution >= 0.6 is 15.9 Å². The lowest BCUT2D eigenvalue weighted by Crippen LogP contribution is -2.18. The Kier molecular flexibility index (Phi) is 4.44. The minimum atomic E-state index is 0.193. The van der Waals surface area contributed by atoms with Gasteiger partial charge in [-0.15, -0.1) is 0 Å². The van der Waals surface area contributed by atoms with Gasteiger partial charge in [0.2, 0.25) is 0 Å². The number of ether oxygens (including phenoxy) is 1. The highest BCUT2D eigenvalue weighted by Gasteiger charge is 2.11. The molecule has 1 aromatic heterocycles. The van der Waals surface area contributed by atoms with Gasteiger partial charge in [-0.1, -0.05) is 18.2 Å². The second kappa shape index (κ2) is 6.07. The van der Waals surface area contributed by atoms with E-state index in [-0.39, 0.29) is 6.04 Å². The van der Waals surface area contributed by atoms with Gasteiger partial charge in [-0.3, -0.25) is 0 Å². The number of furan rings is 1. The third-order valence-corrected chi connectivity index (χ3v) is 3.57. The van der Waals surface area contributed by atoms with Crippen LogP contribution in [0, 0.1) is 0 Å². The van der Waals surface area contributed by atoms with E-state index in [2.05, 4.69) is 34.2 Å². The summed E-state index contributed by atoms with van der Waals surface area (Å²) >= 11 is 3.44. The van der Waals surface area contributed by atoms with Gasteiger partial charge in [-0.2, -0.15) is 0 Å². The fraction of sp³-hybridized carbons (Fsp3) is 0.286. The van der Waals surface area contributed by atoms with Crippen LogP contribution in [-0.4, -0.2) is 7.11 Å². The van der Waals surface area contributed by atoms with Gasteiger partial charge in [0, 0.05) is 11.6 Å². The van der Waals surface area contributed by atoms with Crippen molar-refractivity contribution >= 4 is 15.9 Å². The zero-order valence-electron chi connectivity index (χ0n) is 10.4. The fourth-order valence-corrected chi connectivity index (χ4v) is 2.17. The van der Waals surface area contributed by atoms with E-state index in [0.717, 1.165) is 21.5 Å². The van der Waals surface area contributed by atoms with E-state index >= 15 is 0 Å². The van der Waals surface area contributed by atoms with Crippen molar-refractivity contribution in [1.29, 1.82) is 0 Å². The molecule has 0 amide bonds. The molecule has 0 spiro atoms. The van der Waals surface area contributed by atoms with Crippen LogP contribution < -0.4 is 10.1 Å². The van der Waals surface area contributed by atoms with E-state index in [1.165, 1.54) is 0 Å².